The lowest BCUT2D eigenvalue weighted by Crippen LogP contribution is -2.36. The van der Waals surface area contributed by atoms with Crippen molar-refractivity contribution in [3.8, 4) is 0 Å². The molecule has 120 valence electrons. The Morgan fingerprint density at radius 2 is 1.95 bits per heavy atom. The van der Waals surface area contributed by atoms with Crippen LogP contribution in [0.1, 0.15) is 30.5 Å². The second-order valence-corrected chi connectivity index (χ2v) is 6.98. The summed E-state index contributed by atoms with van der Waals surface area (Å²) in [6.45, 7) is 9.42. The van der Waals surface area contributed by atoms with Crippen LogP contribution in [-0.2, 0) is 21.3 Å². The zero-order valence-electron chi connectivity index (χ0n) is 13.5. The predicted molar refractivity (Wildman–Crippen MR) is 85.0 cm³/mol. The number of ether oxygens (including phenoxy) is 1. The van der Waals surface area contributed by atoms with Crippen LogP contribution in [0.5, 0.6) is 0 Å². The number of methoxy groups -OCH3 is 1. The molecule has 0 aliphatic carbocycles. The maximum atomic E-state index is 12.5. The molecule has 0 fully saturated rings. The van der Waals surface area contributed by atoms with Crippen molar-refractivity contribution in [2.45, 2.75) is 45.2 Å². The SMILES string of the molecule is CCNCc1cc(C)c(C)c(S(=O)(=O)NC(C)COC)c1. The Hall–Kier alpha value is -0.950. The van der Waals surface area contributed by atoms with Gasteiger partial charge in [-0.3, -0.25) is 0 Å². The van der Waals surface area contributed by atoms with Crippen molar-refractivity contribution in [2.24, 2.45) is 0 Å². The first-order valence-corrected chi connectivity index (χ1v) is 8.62. The van der Waals surface area contributed by atoms with Crippen molar-refractivity contribution in [3.05, 3.63) is 28.8 Å². The van der Waals surface area contributed by atoms with E-state index in [1.165, 1.54) is 0 Å². The summed E-state index contributed by atoms with van der Waals surface area (Å²) in [6, 6.07) is 3.50. The molecule has 0 radical (unpaired) electrons. The van der Waals surface area contributed by atoms with Gasteiger partial charge in [-0.05, 0) is 50.1 Å². The molecule has 1 aromatic rings. The number of rotatable bonds is 8. The van der Waals surface area contributed by atoms with E-state index in [0.717, 1.165) is 23.2 Å². The van der Waals surface area contributed by atoms with E-state index in [-0.39, 0.29) is 6.04 Å². The number of hydrogen-bond acceptors (Lipinski definition) is 4. The molecule has 1 aromatic carbocycles. The van der Waals surface area contributed by atoms with Crippen LogP contribution in [0.15, 0.2) is 17.0 Å². The Balaban J connectivity index is 3.12. The smallest absolute Gasteiger partial charge is 0.241 e. The third-order valence-electron chi connectivity index (χ3n) is 3.32. The molecule has 0 amide bonds. The topological polar surface area (TPSA) is 67.4 Å². The highest BCUT2D eigenvalue weighted by molar-refractivity contribution is 7.89. The van der Waals surface area contributed by atoms with Crippen LogP contribution >= 0.6 is 0 Å². The summed E-state index contributed by atoms with van der Waals surface area (Å²) < 4.78 is 32.7. The molecule has 0 saturated carbocycles. The lowest BCUT2D eigenvalue weighted by molar-refractivity contribution is 0.180. The van der Waals surface area contributed by atoms with Gasteiger partial charge in [0.05, 0.1) is 11.5 Å². The quantitative estimate of drug-likeness (QED) is 0.767. The summed E-state index contributed by atoms with van der Waals surface area (Å²) >= 11 is 0. The molecule has 6 heteroatoms. The highest BCUT2D eigenvalue weighted by Gasteiger charge is 2.21. The van der Waals surface area contributed by atoms with E-state index in [1.807, 2.05) is 26.8 Å². The van der Waals surface area contributed by atoms with Crippen LogP contribution < -0.4 is 10.0 Å². The van der Waals surface area contributed by atoms with Crippen molar-refractivity contribution >= 4 is 10.0 Å². The Morgan fingerprint density at radius 3 is 2.52 bits per heavy atom. The summed E-state index contributed by atoms with van der Waals surface area (Å²) in [6.07, 6.45) is 0. The van der Waals surface area contributed by atoms with Gasteiger partial charge in [0.15, 0.2) is 0 Å². The molecule has 0 heterocycles. The lowest BCUT2D eigenvalue weighted by Gasteiger charge is -2.17. The van der Waals surface area contributed by atoms with E-state index in [9.17, 15) is 8.42 Å². The van der Waals surface area contributed by atoms with Crippen molar-refractivity contribution in [1.82, 2.24) is 10.0 Å². The van der Waals surface area contributed by atoms with Crippen LogP contribution in [0.3, 0.4) is 0 Å². The van der Waals surface area contributed by atoms with Crippen molar-refractivity contribution in [3.63, 3.8) is 0 Å². The lowest BCUT2D eigenvalue weighted by atomic mass is 10.1. The second-order valence-electron chi connectivity index (χ2n) is 5.29. The first-order chi connectivity index (χ1) is 9.81. The van der Waals surface area contributed by atoms with E-state index < -0.39 is 10.0 Å². The molecular formula is C15H26N2O3S. The highest BCUT2D eigenvalue weighted by atomic mass is 32.2. The van der Waals surface area contributed by atoms with Crippen LogP contribution in [0.25, 0.3) is 0 Å². The van der Waals surface area contributed by atoms with E-state index in [4.69, 9.17) is 4.74 Å². The van der Waals surface area contributed by atoms with Gasteiger partial charge >= 0.3 is 0 Å². The van der Waals surface area contributed by atoms with E-state index in [2.05, 4.69) is 10.0 Å². The van der Waals surface area contributed by atoms with Gasteiger partial charge in [-0.2, -0.15) is 0 Å². The Kier molecular flexibility index (Phi) is 6.80. The fourth-order valence-electron chi connectivity index (χ4n) is 2.16. The average Bonchev–Trinajstić information content (AvgIpc) is 2.39. The van der Waals surface area contributed by atoms with Gasteiger partial charge in [-0.15, -0.1) is 0 Å². The summed E-state index contributed by atoms with van der Waals surface area (Å²) in [7, 11) is -1.99. The van der Waals surface area contributed by atoms with Gasteiger partial charge in [0.1, 0.15) is 0 Å². The molecule has 5 nitrogen and oxygen atoms in total. The van der Waals surface area contributed by atoms with Gasteiger partial charge in [-0.1, -0.05) is 13.0 Å². The minimum Gasteiger partial charge on any atom is -0.383 e. The minimum absolute atomic E-state index is 0.267. The summed E-state index contributed by atoms with van der Waals surface area (Å²) in [5, 5.41) is 3.22. The molecular weight excluding hydrogens is 288 g/mol. The maximum absolute atomic E-state index is 12.5. The minimum atomic E-state index is -3.54. The number of aryl methyl sites for hydroxylation is 1. The molecule has 1 rings (SSSR count). The van der Waals surface area contributed by atoms with E-state index >= 15 is 0 Å². The fraction of sp³-hybridized carbons (Fsp3) is 0.600. The standard InChI is InChI=1S/C15H26N2O3S/c1-6-16-9-14-7-11(2)13(4)15(8-14)21(18,19)17-12(3)10-20-5/h7-8,12,16-17H,6,9-10H2,1-5H3. The molecule has 1 unspecified atom stereocenters. The molecule has 0 aliphatic rings. The first kappa shape index (κ1) is 18.1. The summed E-state index contributed by atoms with van der Waals surface area (Å²) in [5.74, 6) is 0. The number of hydrogen-bond donors (Lipinski definition) is 2. The zero-order valence-corrected chi connectivity index (χ0v) is 14.3. The van der Waals surface area contributed by atoms with Gasteiger partial charge in [0, 0.05) is 19.7 Å². The molecule has 0 spiro atoms. The van der Waals surface area contributed by atoms with Crippen molar-refractivity contribution < 1.29 is 13.2 Å². The van der Waals surface area contributed by atoms with Crippen LogP contribution in [0, 0.1) is 13.8 Å². The molecule has 1 atom stereocenters. The van der Waals surface area contributed by atoms with Crippen LogP contribution in [0.2, 0.25) is 0 Å². The normalized spacial score (nSPS) is 13.4. The molecule has 0 aromatic heterocycles. The van der Waals surface area contributed by atoms with Crippen molar-refractivity contribution in [1.29, 1.82) is 0 Å². The summed E-state index contributed by atoms with van der Waals surface area (Å²) in [5.41, 5.74) is 2.73. The van der Waals surface area contributed by atoms with E-state index in [0.29, 0.717) is 18.0 Å². The molecule has 2 N–H and O–H groups in total. The molecule has 0 saturated heterocycles. The van der Waals surface area contributed by atoms with Gasteiger partial charge in [0.2, 0.25) is 10.0 Å². The third-order valence-corrected chi connectivity index (χ3v) is 5.04. The van der Waals surface area contributed by atoms with Gasteiger partial charge < -0.3 is 10.1 Å². The highest BCUT2D eigenvalue weighted by Crippen LogP contribution is 2.21. The predicted octanol–water partition coefficient (Wildman–Crippen LogP) is 1.73. The van der Waals surface area contributed by atoms with E-state index in [1.54, 1.807) is 20.1 Å². The van der Waals surface area contributed by atoms with Gasteiger partial charge in [0.25, 0.3) is 0 Å². The fourth-order valence-corrected chi connectivity index (χ4v) is 3.76. The maximum Gasteiger partial charge on any atom is 0.241 e. The van der Waals surface area contributed by atoms with Crippen LogP contribution in [-0.4, -0.2) is 34.7 Å². The largest absolute Gasteiger partial charge is 0.383 e. The molecule has 0 aliphatic heterocycles. The molecule has 21 heavy (non-hydrogen) atoms. The first-order valence-electron chi connectivity index (χ1n) is 7.14. The zero-order chi connectivity index (χ0) is 16.0. The Morgan fingerprint density at radius 1 is 1.29 bits per heavy atom. The number of sulfonamides is 1. The second kappa shape index (κ2) is 7.89. The Bertz CT molecular complexity index is 571. The number of nitrogens with one attached hydrogen (secondary N) is 2. The summed E-state index contributed by atoms with van der Waals surface area (Å²) in [4.78, 5) is 0.346. The van der Waals surface area contributed by atoms with Crippen LogP contribution in [0.4, 0.5) is 0 Å². The molecule has 0 bridgehead atoms. The van der Waals surface area contributed by atoms with Crippen molar-refractivity contribution in [2.75, 3.05) is 20.3 Å². The average molecular weight is 314 g/mol. The number of benzene rings is 1. The third kappa shape index (κ3) is 5.07. The van der Waals surface area contributed by atoms with Gasteiger partial charge in [-0.25, -0.2) is 13.1 Å². The Labute approximate surface area is 128 Å². The monoisotopic (exact) mass is 314 g/mol.